The summed E-state index contributed by atoms with van der Waals surface area (Å²) in [5.41, 5.74) is 3.94. The van der Waals surface area contributed by atoms with Crippen LogP contribution in [0.4, 0.5) is 5.69 Å². The zero-order chi connectivity index (χ0) is 20.0. The van der Waals surface area contributed by atoms with Crippen LogP contribution in [0.5, 0.6) is 0 Å². The normalized spacial score (nSPS) is 11.9. The number of carbonyl (C=O) groups excluding carboxylic acids is 2. The van der Waals surface area contributed by atoms with Crippen molar-refractivity contribution < 1.29 is 9.59 Å². The summed E-state index contributed by atoms with van der Waals surface area (Å²) in [6, 6.07) is 13.0. The van der Waals surface area contributed by atoms with Crippen LogP contribution >= 0.6 is 11.6 Å². The molecule has 0 bridgehead atoms. The minimum Gasteiger partial charge on any atom is -0.348 e. The number of rotatable bonds is 7. The molecule has 0 saturated heterocycles. The lowest BCUT2D eigenvalue weighted by molar-refractivity contribution is -0.123. The van der Waals surface area contributed by atoms with Crippen LogP contribution in [0.3, 0.4) is 0 Å². The molecule has 2 aromatic rings. The Morgan fingerprint density at radius 1 is 1.04 bits per heavy atom. The molecule has 0 aromatic heterocycles. The Morgan fingerprint density at radius 3 is 2.33 bits per heavy atom. The lowest BCUT2D eigenvalue weighted by atomic mass is 10.1. The van der Waals surface area contributed by atoms with Crippen molar-refractivity contribution in [3.8, 4) is 0 Å². The number of anilines is 1. The third-order valence-corrected chi connectivity index (χ3v) is 4.71. The minimum absolute atomic E-state index is 0.132. The van der Waals surface area contributed by atoms with E-state index >= 15 is 0 Å². The average molecular weight is 388 g/mol. The first-order valence-corrected chi connectivity index (χ1v) is 9.23. The summed E-state index contributed by atoms with van der Waals surface area (Å²) in [6.45, 7) is 6.16. The number of carbonyl (C=O) groups is 2. The van der Waals surface area contributed by atoms with E-state index in [1.165, 1.54) is 0 Å². The third-order valence-electron chi connectivity index (χ3n) is 4.45. The van der Waals surface area contributed by atoms with Crippen molar-refractivity contribution in [2.45, 2.75) is 26.8 Å². The highest BCUT2D eigenvalue weighted by molar-refractivity contribution is 6.30. The van der Waals surface area contributed by atoms with Gasteiger partial charge in [-0.1, -0.05) is 35.9 Å². The number of hydrogen-bond acceptors (Lipinski definition) is 3. The SMILES string of the molecule is Cc1cccc(NC(=O)CN(C)CC(=O)N[C@H](C)c2ccc(Cl)cc2)c1C. The summed E-state index contributed by atoms with van der Waals surface area (Å²) in [7, 11) is 1.75. The smallest absolute Gasteiger partial charge is 0.238 e. The molecule has 27 heavy (non-hydrogen) atoms. The van der Waals surface area contributed by atoms with Crippen LogP contribution in [0.2, 0.25) is 5.02 Å². The summed E-state index contributed by atoms with van der Waals surface area (Å²) in [4.78, 5) is 26.2. The topological polar surface area (TPSA) is 61.4 Å². The summed E-state index contributed by atoms with van der Waals surface area (Å²) >= 11 is 5.88. The van der Waals surface area contributed by atoms with E-state index in [1.807, 2.05) is 51.1 Å². The average Bonchev–Trinajstić information content (AvgIpc) is 2.59. The largest absolute Gasteiger partial charge is 0.348 e. The molecule has 6 heteroatoms. The molecule has 0 radical (unpaired) electrons. The van der Waals surface area contributed by atoms with Gasteiger partial charge in [-0.05, 0) is 62.7 Å². The molecular weight excluding hydrogens is 362 g/mol. The molecule has 2 N–H and O–H groups in total. The highest BCUT2D eigenvalue weighted by Gasteiger charge is 2.14. The van der Waals surface area contributed by atoms with E-state index in [9.17, 15) is 9.59 Å². The molecule has 0 heterocycles. The number of halogens is 1. The van der Waals surface area contributed by atoms with Gasteiger partial charge in [0.1, 0.15) is 0 Å². The van der Waals surface area contributed by atoms with E-state index in [0.717, 1.165) is 22.4 Å². The molecule has 2 rings (SSSR count). The van der Waals surface area contributed by atoms with Gasteiger partial charge >= 0.3 is 0 Å². The molecular formula is C21H26ClN3O2. The Morgan fingerprint density at radius 2 is 1.67 bits per heavy atom. The molecule has 2 aromatic carbocycles. The first-order chi connectivity index (χ1) is 12.8. The zero-order valence-corrected chi connectivity index (χ0v) is 16.9. The molecule has 0 aliphatic carbocycles. The Kier molecular flexibility index (Phi) is 7.39. The number of nitrogens with zero attached hydrogens (tertiary/aromatic N) is 1. The maximum absolute atomic E-state index is 12.2. The standard InChI is InChI=1S/C21H26ClN3O2/c1-14-6-5-7-19(15(14)2)24-21(27)13-25(4)12-20(26)23-16(3)17-8-10-18(22)11-9-17/h5-11,16H,12-13H2,1-4H3,(H,23,26)(H,24,27)/t16-/m1/s1. The Hall–Kier alpha value is -2.37. The molecule has 0 aliphatic heterocycles. The van der Waals surface area contributed by atoms with E-state index in [4.69, 9.17) is 11.6 Å². The van der Waals surface area contributed by atoms with Crippen LogP contribution in [0.15, 0.2) is 42.5 Å². The summed E-state index contributed by atoms with van der Waals surface area (Å²) < 4.78 is 0. The molecule has 1 atom stereocenters. The second-order valence-corrected chi connectivity index (χ2v) is 7.25. The molecule has 0 aliphatic rings. The van der Waals surface area contributed by atoms with Crippen molar-refractivity contribution in [1.82, 2.24) is 10.2 Å². The summed E-state index contributed by atoms with van der Waals surface area (Å²) in [5, 5.41) is 6.49. The fraction of sp³-hybridized carbons (Fsp3) is 0.333. The lowest BCUT2D eigenvalue weighted by Gasteiger charge is -2.19. The first kappa shape index (κ1) is 20.9. The first-order valence-electron chi connectivity index (χ1n) is 8.85. The lowest BCUT2D eigenvalue weighted by Crippen LogP contribution is -2.39. The van der Waals surface area contributed by atoms with Crippen molar-refractivity contribution in [3.63, 3.8) is 0 Å². The third kappa shape index (κ3) is 6.38. The number of hydrogen-bond donors (Lipinski definition) is 2. The van der Waals surface area contributed by atoms with Crippen molar-refractivity contribution in [2.24, 2.45) is 0 Å². The van der Waals surface area contributed by atoms with E-state index in [-0.39, 0.29) is 30.9 Å². The summed E-state index contributed by atoms with van der Waals surface area (Å²) in [6.07, 6.45) is 0. The van der Waals surface area contributed by atoms with Crippen LogP contribution in [-0.4, -0.2) is 36.9 Å². The Bertz CT molecular complexity index is 806. The van der Waals surface area contributed by atoms with Crippen molar-refractivity contribution >= 4 is 29.1 Å². The van der Waals surface area contributed by atoms with Crippen molar-refractivity contribution in [2.75, 3.05) is 25.5 Å². The number of likely N-dealkylation sites (N-methyl/N-ethyl adjacent to an activating group) is 1. The predicted molar refractivity (Wildman–Crippen MR) is 110 cm³/mol. The highest BCUT2D eigenvalue weighted by Crippen LogP contribution is 2.18. The Labute approximate surface area is 165 Å². The number of aryl methyl sites for hydroxylation is 1. The van der Waals surface area contributed by atoms with Gasteiger partial charge in [-0.25, -0.2) is 0 Å². The quantitative estimate of drug-likeness (QED) is 0.761. The van der Waals surface area contributed by atoms with Crippen LogP contribution in [0.25, 0.3) is 0 Å². The predicted octanol–water partition coefficient (Wildman–Crippen LogP) is 3.70. The molecule has 5 nitrogen and oxygen atoms in total. The minimum atomic E-state index is -0.148. The van der Waals surface area contributed by atoms with E-state index in [1.54, 1.807) is 24.1 Å². The van der Waals surface area contributed by atoms with Crippen LogP contribution in [0.1, 0.15) is 29.7 Å². The van der Waals surface area contributed by atoms with Gasteiger partial charge in [-0.15, -0.1) is 0 Å². The van der Waals surface area contributed by atoms with E-state index in [2.05, 4.69) is 10.6 Å². The monoisotopic (exact) mass is 387 g/mol. The van der Waals surface area contributed by atoms with Crippen LogP contribution in [0, 0.1) is 13.8 Å². The van der Waals surface area contributed by atoms with Gasteiger partial charge in [0.2, 0.25) is 11.8 Å². The second kappa shape index (κ2) is 9.53. The number of amides is 2. The van der Waals surface area contributed by atoms with Gasteiger partial charge in [0.05, 0.1) is 19.1 Å². The van der Waals surface area contributed by atoms with Crippen LogP contribution in [-0.2, 0) is 9.59 Å². The van der Waals surface area contributed by atoms with Crippen LogP contribution < -0.4 is 10.6 Å². The fourth-order valence-electron chi connectivity index (χ4n) is 2.74. The number of benzene rings is 2. The number of nitrogens with one attached hydrogen (secondary N) is 2. The van der Waals surface area contributed by atoms with Gasteiger partial charge < -0.3 is 10.6 Å². The molecule has 0 unspecified atom stereocenters. The summed E-state index contributed by atoms with van der Waals surface area (Å²) in [5.74, 6) is -0.288. The van der Waals surface area contributed by atoms with Crippen molar-refractivity contribution in [3.05, 3.63) is 64.2 Å². The highest BCUT2D eigenvalue weighted by atomic mass is 35.5. The molecule has 144 valence electrons. The van der Waals surface area contributed by atoms with Gasteiger partial charge in [-0.2, -0.15) is 0 Å². The van der Waals surface area contributed by atoms with Gasteiger partial charge in [0.15, 0.2) is 0 Å². The molecule has 2 amide bonds. The maximum Gasteiger partial charge on any atom is 0.238 e. The van der Waals surface area contributed by atoms with Gasteiger partial charge in [0, 0.05) is 10.7 Å². The Balaban J connectivity index is 1.82. The van der Waals surface area contributed by atoms with Gasteiger partial charge in [-0.3, -0.25) is 14.5 Å². The molecule has 0 saturated carbocycles. The molecule has 0 spiro atoms. The maximum atomic E-state index is 12.2. The fourth-order valence-corrected chi connectivity index (χ4v) is 2.87. The van der Waals surface area contributed by atoms with Gasteiger partial charge in [0.25, 0.3) is 0 Å². The second-order valence-electron chi connectivity index (χ2n) is 6.81. The molecule has 0 fully saturated rings. The van der Waals surface area contributed by atoms with E-state index in [0.29, 0.717) is 5.02 Å². The van der Waals surface area contributed by atoms with E-state index < -0.39 is 0 Å². The zero-order valence-electron chi connectivity index (χ0n) is 16.2. The van der Waals surface area contributed by atoms with Crippen molar-refractivity contribution in [1.29, 1.82) is 0 Å².